The van der Waals surface area contributed by atoms with E-state index < -0.39 is 17.7 Å². The summed E-state index contributed by atoms with van der Waals surface area (Å²) in [6, 6.07) is 16.5. The summed E-state index contributed by atoms with van der Waals surface area (Å²) >= 11 is 0. The lowest BCUT2D eigenvalue weighted by Gasteiger charge is -2.20. The van der Waals surface area contributed by atoms with Crippen LogP contribution in [0.2, 0.25) is 0 Å². The third-order valence-electron chi connectivity index (χ3n) is 5.50. The molecule has 1 saturated heterocycles. The summed E-state index contributed by atoms with van der Waals surface area (Å²) < 4.78 is 11.3. The van der Waals surface area contributed by atoms with Crippen molar-refractivity contribution < 1.29 is 23.8 Å². The van der Waals surface area contributed by atoms with E-state index in [1.54, 1.807) is 49.4 Å². The molecule has 8 heteroatoms. The van der Waals surface area contributed by atoms with Gasteiger partial charge in [-0.15, -0.1) is 0 Å². The zero-order chi connectivity index (χ0) is 23.1. The van der Waals surface area contributed by atoms with Crippen LogP contribution in [0.25, 0.3) is 16.8 Å². The van der Waals surface area contributed by atoms with Gasteiger partial charge in [0.2, 0.25) is 5.95 Å². The maximum Gasteiger partial charge on any atom is 0.302 e. The Labute approximate surface area is 189 Å². The molecule has 0 spiro atoms. The van der Waals surface area contributed by atoms with Crippen LogP contribution in [0, 0.1) is 6.92 Å². The van der Waals surface area contributed by atoms with Gasteiger partial charge in [-0.25, -0.2) is 4.98 Å². The van der Waals surface area contributed by atoms with Gasteiger partial charge < -0.3 is 19.2 Å². The highest BCUT2D eigenvalue weighted by atomic mass is 16.5. The first-order valence-corrected chi connectivity index (χ1v) is 10.5. The predicted molar refractivity (Wildman–Crippen MR) is 122 cm³/mol. The number of Topliss-reactive ketones (excluding diaryl/α,β-unsaturated/α-hetero) is 1. The Morgan fingerprint density at radius 3 is 2.70 bits per heavy atom. The SMILES string of the molecule is CCOc1cccc(/C(O)=C2\C(=O)C(=O)N(c3nc4ccccc4[nH]3)C2c2ccc(C)o2)c1. The zero-order valence-electron chi connectivity index (χ0n) is 18.0. The number of aromatic amines is 1. The fourth-order valence-corrected chi connectivity index (χ4v) is 4.03. The molecule has 1 fully saturated rings. The molecule has 3 heterocycles. The van der Waals surface area contributed by atoms with Gasteiger partial charge in [0.05, 0.1) is 23.2 Å². The Morgan fingerprint density at radius 2 is 1.97 bits per heavy atom. The number of fused-ring (bicyclic) bond motifs is 1. The van der Waals surface area contributed by atoms with Gasteiger partial charge in [0, 0.05) is 5.56 Å². The van der Waals surface area contributed by atoms with Crippen LogP contribution in [0.5, 0.6) is 5.75 Å². The van der Waals surface area contributed by atoms with Gasteiger partial charge in [-0.05, 0) is 50.2 Å². The monoisotopic (exact) mass is 443 g/mol. The summed E-state index contributed by atoms with van der Waals surface area (Å²) in [6.45, 7) is 4.07. The summed E-state index contributed by atoms with van der Waals surface area (Å²) in [7, 11) is 0. The van der Waals surface area contributed by atoms with Gasteiger partial charge in [-0.2, -0.15) is 0 Å². The molecule has 4 aromatic rings. The molecule has 166 valence electrons. The van der Waals surface area contributed by atoms with Crippen molar-refractivity contribution in [3.8, 4) is 5.75 Å². The van der Waals surface area contributed by atoms with E-state index in [2.05, 4.69) is 9.97 Å². The second kappa shape index (κ2) is 7.98. The maximum absolute atomic E-state index is 13.2. The van der Waals surface area contributed by atoms with Gasteiger partial charge in [0.25, 0.3) is 5.78 Å². The molecule has 0 radical (unpaired) electrons. The lowest BCUT2D eigenvalue weighted by molar-refractivity contribution is -0.132. The van der Waals surface area contributed by atoms with Crippen molar-refractivity contribution in [2.45, 2.75) is 19.9 Å². The number of H-pyrrole nitrogens is 1. The van der Waals surface area contributed by atoms with Crippen LogP contribution in [-0.4, -0.2) is 33.4 Å². The molecule has 1 aliphatic rings. The van der Waals surface area contributed by atoms with Crippen LogP contribution in [0.15, 0.2) is 70.7 Å². The summed E-state index contributed by atoms with van der Waals surface area (Å²) in [5.74, 6) is -0.261. The Balaban J connectivity index is 1.70. The number of amides is 1. The number of imidazole rings is 1. The van der Waals surface area contributed by atoms with Crippen LogP contribution < -0.4 is 9.64 Å². The van der Waals surface area contributed by atoms with E-state index in [-0.39, 0.29) is 17.3 Å². The molecule has 1 aliphatic heterocycles. The van der Waals surface area contributed by atoms with E-state index in [1.165, 1.54) is 4.90 Å². The summed E-state index contributed by atoms with van der Waals surface area (Å²) in [6.07, 6.45) is 0. The molecule has 8 nitrogen and oxygen atoms in total. The first kappa shape index (κ1) is 20.6. The Hall–Kier alpha value is -4.33. The lowest BCUT2D eigenvalue weighted by atomic mass is 9.99. The minimum absolute atomic E-state index is 0.0801. The minimum atomic E-state index is -0.991. The van der Waals surface area contributed by atoms with Crippen molar-refractivity contribution >= 4 is 34.4 Å². The van der Waals surface area contributed by atoms with Gasteiger partial charge >= 0.3 is 5.91 Å². The van der Waals surface area contributed by atoms with Gasteiger partial charge in [0.15, 0.2) is 0 Å². The third-order valence-corrected chi connectivity index (χ3v) is 5.50. The number of aliphatic hydroxyl groups excluding tert-OH is 1. The molecule has 2 aromatic carbocycles. The number of hydrogen-bond donors (Lipinski definition) is 2. The van der Waals surface area contributed by atoms with Crippen LogP contribution in [0.1, 0.15) is 30.0 Å². The molecule has 2 aromatic heterocycles. The Kier molecular flexibility index (Phi) is 4.97. The van der Waals surface area contributed by atoms with E-state index in [0.29, 0.717) is 40.5 Å². The van der Waals surface area contributed by atoms with Gasteiger partial charge in [-0.3, -0.25) is 14.5 Å². The lowest BCUT2D eigenvalue weighted by Crippen LogP contribution is -2.30. The number of carbonyl (C=O) groups is 2. The van der Waals surface area contributed by atoms with Crippen molar-refractivity contribution in [2.24, 2.45) is 0 Å². The van der Waals surface area contributed by atoms with Crippen LogP contribution in [0.4, 0.5) is 5.95 Å². The fourth-order valence-electron chi connectivity index (χ4n) is 4.03. The topological polar surface area (TPSA) is 109 Å². The molecule has 0 bridgehead atoms. The number of aliphatic hydroxyl groups is 1. The number of furan rings is 1. The zero-order valence-corrected chi connectivity index (χ0v) is 18.0. The highest BCUT2D eigenvalue weighted by Crippen LogP contribution is 2.42. The average molecular weight is 443 g/mol. The van der Waals surface area contributed by atoms with Crippen molar-refractivity contribution in [1.82, 2.24) is 9.97 Å². The first-order valence-electron chi connectivity index (χ1n) is 10.5. The molecule has 0 saturated carbocycles. The van der Waals surface area contributed by atoms with Crippen molar-refractivity contribution in [1.29, 1.82) is 0 Å². The number of hydrogen-bond acceptors (Lipinski definition) is 6. The molecule has 1 amide bonds. The van der Waals surface area contributed by atoms with Crippen LogP contribution in [-0.2, 0) is 9.59 Å². The number of para-hydroxylation sites is 2. The molecule has 2 N–H and O–H groups in total. The number of nitrogens with one attached hydrogen (secondary N) is 1. The standard InChI is InChI=1S/C25H21N3O5/c1-3-32-16-8-6-7-15(13-16)22(29)20-21(19-12-11-14(2)33-19)28(24(31)23(20)30)25-26-17-9-4-5-10-18(17)27-25/h4-13,21,29H,3H2,1-2H3,(H,26,27)/b22-20+. The van der Waals surface area contributed by atoms with E-state index in [0.717, 1.165) is 0 Å². The number of rotatable bonds is 5. The predicted octanol–water partition coefficient (Wildman–Crippen LogP) is 4.49. The molecule has 1 atom stereocenters. The summed E-state index contributed by atoms with van der Waals surface area (Å²) in [5, 5.41) is 11.2. The number of aromatic nitrogens is 2. The molecule has 1 unspecified atom stereocenters. The molecular formula is C25H21N3O5. The second-order valence-corrected chi connectivity index (χ2v) is 7.66. The van der Waals surface area contributed by atoms with Gasteiger partial charge in [-0.1, -0.05) is 24.3 Å². The van der Waals surface area contributed by atoms with E-state index >= 15 is 0 Å². The molecule has 5 rings (SSSR count). The average Bonchev–Trinajstić information content (AvgIpc) is 3.50. The minimum Gasteiger partial charge on any atom is -0.507 e. The molecular weight excluding hydrogens is 422 g/mol. The second-order valence-electron chi connectivity index (χ2n) is 7.66. The fraction of sp³-hybridized carbons (Fsp3) is 0.160. The van der Waals surface area contributed by atoms with Crippen molar-refractivity contribution in [3.05, 3.63) is 83.3 Å². The van der Waals surface area contributed by atoms with Crippen molar-refractivity contribution in [3.63, 3.8) is 0 Å². The molecule has 0 aliphatic carbocycles. The highest BCUT2D eigenvalue weighted by Gasteiger charge is 2.49. The van der Waals surface area contributed by atoms with Crippen LogP contribution in [0.3, 0.4) is 0 Å². The van der Waals surface area contributed by atoms with Gasteiger partial charge in [0.1, 0.15) is 29.1 Å². The number of aryl methyl sites for hydroxylation is 1. The quantitative estimate of drug-likeness (QED) is 0.267. The number of ketones is 1. The Morgan fingerprint density at radius 1 is 1.15 bits per heavy atom. The van der Waals surface area contributed by atoms with E-state index in [1.807, 2.05) is 25.1 Å². The first-order chi connectivity index (χ1) is 16.0. The number of carbonyl (C=O) groups excluding carboxylic acids is 2. The van der Waals surface area contributed by atoms with E-state index in [9.17, 15) is 14.7 Å². The Bertz CT molecular complexity index is 1380. The third kappa shape index (κ3) is 3.45. The highest BCUT2D eigenvalue weighted by molar-refractivity contribution is 6.51. The van der Waals surface area contributed by atoms with Crippen molar-refractivity contribution in [2.75, 3.05) is 11.5 Å². The summed E-state index contributed by atoms with van der Waals surface area (Å²) in [5.41, 5.74) is 1.64. The maximum atomic E-state index is 13.2. The number of benzene rings is 2. The largest absolute Gasteiger partial charge is 0.507 e. The normalized spacial score (nSPS) is 17.8. The van der Waals surface area contributed by atoms with E-state index in [4.69, 9.17) is 9.15 Å². The smallest absolute Gasteiger partial charge is 0.302 e. The summed E-state index contributed by atoms with van der Waals surface area (Å²) in [4.78, 5) is 35.2. The number of nitrogens with zero attached hydrogens (tertiary/aromatic N) is 2. The number of ether oxygens (including phenoxy) is 1. The van der Waals surface area contributed by atoms with Crippen LogP contribution >= 0.6 is 0 Å². The number of anilines is 1. The molecule has 33 heavy (non-hydrogen) atoms.